The molecule has 1 aliphatic rings. The molecule has 2 amide bonds. The third-order valence-electron chi connectivity index (χ3n) is 3.90. The maximum Gasteiger partial charge on any atom is 0.315 e. The van der Waals surface area contributed by atoms with Crippen LogP contribution in [0, 0.1) is 0 Å². The summed E-state index contributed by atoms with van der Waals surface area (Å²) >= 11 is 0. The van der Waals surface area contributed by atoms with Gasteiger partial charge in [-0.3, -0.25) is 0 Å². The van der Waals surface area contributed by atoms with Gasteiger partial charge in [-0.15, -0.1) is 0 Å². The van der Waals surface area contributed by atoms with Crippen molar-refractivity contribution in [1.82, 2.24) is 10.6 Å². The number of hydrogen-bond acceptors (Lipinski definition) is 3. The second kappa shape index (κ2) is 7.88. The van der Waals surface area contributed by atoms with Crippen molar-refractivity contribution in [2.75, 3.05) is 6.54 Å². The van der Waals surface area contributed by atoms with E-state index in [4.69, 9.17) is 0 Å². The van der Waals surface area contributed by atoms with Gasteiger partial charge in [-0.05, 0) is 30.5 Å². The molecular formula is C16H24N2O3. The number of aliphatic hydroxyl groups is 1. The molecule has 0 heterocycles. The first-order valence-corrected chi connectivity index (χ1v) is 7.66. The van der Waals surface area contributed by atoms with Gasteiger partial charge >= 0.3 is 6.03 Å². The van der Waals surface area contributed by atoms with Gasteiger partial charge in [0.2, 0.25) is 0 Å². The van der Waals surface area contributed by atoms with Crippen LogP contribution in [0.15, 0.2) is 24.3 Å². The lowest BCUT2D eigenvalue weighted by atomic mass is 10.1. The van der Waals surface area contributed by atoms with Crippen LogP contribution in [-0.4, -0.2) is 28.8 Å². The van der Waals surface area contributed by atoms with Crippen LogP contribution < -0.4 is 10.6 Å². The van der Waals surface area contributed by atoms with E-state index >= 15 is 0 Å². The fourth-order valence-electron chi connectivity index (χ4n) is 2.70. The van der Waals surface area contributed by atoms with E-state index in [1.54, 1.807) is 18.2 Å². The quantitative estimate of drug-likeness (QED) is 0.643. The topological polar surface area (TPSA) is 81.6 Å². The van der Waals surface area contributed by atoms with Gasteiger partial charge in [0.1, 0.15) is 5.75 Å². The van der Waals surface area contributed by atoms with Crippen molar-refractivity contribution >= 4 is 6.03 Å². The van der Waals surface area contributed by atoms with E-state index in [0.29, 0.717) is 5.56 Å². The molecule has 1 aromatic rings. The Morgan fingerprint density at radius 1 is 1.24 bits per heavy atom. The molecule has 0 aliphatic heterocycles. The summed E-state index contributed by atoms with van der Waals surface area (Å²) in [5, 5.41) is 25.0. The molecule has 1 atom stereocenters. The first-order chi connectivity index (χ1) is 10.1. The van der Waals surface area contributed by atoms with E-state index in [1.807, 2.05) is 0 Å². The summed E-state index contributed by atoms with van der Waals surface area (Å²) in [6.07, 6.45) is 6.06. The average Bonchev–Trinajstić information content (AvgIpc) is 2.73. The first-order valence-electron chi connectivity index (χ1n) is 7.66. The number of nitrogens with one attached hydrogen (secondary N) is 2. The lowest BCUT2D eigenvalue weighted by Gasteiger charge is -2.18. The Hall–Kier alpha value is -1.75. The molecule has 1 fully saturated rings. The zero-order valence-corrected chi connectivity index (χ0v) is 12.2. The number of carbonyl (C=O) groups is 1. The Labute approximate surface area is 125 Å². The van der Waals surface area contributed by atoms with Crippen molar-refractivity contribution in [3.8, 4) is 5.75 Å². The molecule has 2 rings (SSSR count). The van der Waals surface area contributed by atoms with Gasteiger partial charge < -0.3 is 20.8 Å². The van der Waals surface area contributed by atoms with Gasteiger partial charge in [0.25, 0.3) is 0 Å². The molecule has 4 N–H and O–H groups in total. The van der Waals surface area contributed by atoms with Crippen LogP contribution in [0.3, 0.4) is 0 Å². The van der Waals surface area contributed by atoms with Crippen LogP contribution in [0.25, 0.3) is 0 Å². The highest BCUT2D eigenvalue weighted by molar-refractivity contribution is 5.74. The van der Waals surface area contributed by atoms with Crippen molar-refractivity contribution in [2.24, 2.45) is 0 Å². The Balaban J connectivity index is 1.75. The number of carbonyl (C=O) groups excluding carboxylic acids is 1. The average molecular weight is 292 g/mol. The molecule has 1 aliphatic carbocycles. The molecule has 5 nitrogen and oxygen atoms in total. The monoisotopic (exact) mass is 292 g/mol. The normalized spacial score (nSPS) is 17.8. The molecule has 116 valence electrons. The fraction of sp³-hybridized carbons (Fsp3) is 0.562. The second-order valence-corrected chi connectivity index (χ2v) is 5.65. The van der Waals surface area contributed by atoms with Crippen molar-refractivity contribution in [2.45, 2.75) is 50.7 Å². The molecule has 0 aromatic heterocycles. The van der Waals surface area contributed by atoms with Gasteiger partial charge in [0.15, 0.2) is 0 Å². The van der Waals surface area contributed by atoms with Crippen molar-refractivity contribution < 1.29 is 15.0 Å². The summed E-state index contributed by atoms with van der Waals surface area (Å²) in [5.74, 6) is 0.106. The van der Waals surface area contributed by atoms with E-state index in [2.05, 4.69) is 10.6 Å². The number of benzene rings is 1. The standard InChI is InChI=1S/C16H24N2O3/c19-14-9-5-6-12(10-14)15(20)11-17-16(21)18-13-7-3-1-2-4-8-13/h5-6,9-10,13,15,19-20H,1-4,7-8,11H2,(H2,17,18,21)/t15-/m0/s1. The molecule has 0 bridgehead atoms. The molecule has 5 heteroatoms. The van der Waals surface area contributed by atoms with Crippen LogP contribution in [0.2, 0.25) is 0 Å². The maximum atomic E-state index is 11.8. The second-order valence-electron chi connectivity index (χ2n) is 5.65. The van der Waals surface area contributed by atoms with Crippen LogP contribution in [-0.2, 0) is 0 Å². The van der Waals surface area contributed by atoms with Gasteiger partial charge in [0, 0.05) is 12.6 Å². The van der Waals surface area contributed by atoms with E-state index in [-0.39, 0.29) is 24.4 Å². The number of aromatic hydroxyl groups is 1. The minimum Gasteiger partial charge on any atom is -0.508 e. The minimum atomic E-state index is -0.822. The first kappa shape index (κ1) is 15.6. The van der Waals surface area contributed by atoms with Gasteiger partial charge in [0.05, 0.1) is 6.10 Å². The van der Waals surface area contributed by atoms with E-state index in [0.717, 1.165) is 25.7 Å². The summed E-state index contributed by atoms with van der Waals surface area (Å²) in [6.45, 7) is 0.127. The van der Waals surface area contributed by atoms with Crippen LogP contribution in [0.1, 0.15) is 50.2 Å². The summed E-state index contributed by atoms with van der Waals surface area (Å²) in [6, 6.07) is 6.43. The zero-order chi connectivity index (χ0) is 15.1. The van der Waals surface area contributed by atoms with Crippen LogP contribution in [0.4, 0.5) is 4.79 Å². The Morgan fingerprint density at radius 3 is 2.62 bits per heavy atom. The van der Waals surface area contributed by atoms with Gasteiger partial charge in [-0.25, -0.2) is 4.79 Å². The predicted molar refractivity (Wildman–Crippen MR) is 81.1 cm³/mol. The maximum absolute atomic E-state index is 11.8. The Bertz CT molecular complexity index is 457. The van der Waals surface area contributed by atoms with Gasteiger partial charge in [-0.1, -0.05) is 37.8 Å². The highest BCUT2D eigenvalue weighted by Gasteiger charge is 2.15. The number of amides is 2. The number of aliphatic hydroxyl groups excluding tert-OH is 1. The zero-order valence-electron chi connectivity index (χ0n) is 12.2. The Morgan fingerprint density at radius 2 is 1.95 bits per heavy atom. The molecule has 0 radical (unpaired) electrons. The molecule has 21 heavy (non-hydrogen) atoms. The molecule has 0 saturated heterocycles. The SMILES string of the molecule is O=C(NC[C@H](O)c1cccc(O)c1)NC1CCCCCC1. The summed E-state index contributed by atoms with van der Waals surface area (Å²) in [4.78, 5) is 11.8. The molecule has 1 saturated carbocycles. The lowest BCUT2D eigenvalue weighted by Crippen LogP contribution is -2.43. The minimum absolute atomic E-state index is 0.106. The summed E-state index contributed by atoms with van der Waals surface area (Å²) in [7, 11) is 0. The molecule has 0 spiro atoms. The molecule has 1 aromatic carbocycles. The fourth-order valence-corrected chi connectivity index (χ4v) is 2.70. The van der Waals surface area contributed by atoms with Crippen molar-refractivity contribution in [3.63, 3.8) is 0 Å². The summed E-state index contributed by atoms with van der Waals surface area (Å²) < 4.78 is 0. The highest BCUT2D eigenvalue weighted by Crippen LogP contribution is 2.18. The lowest BCUT2D eigenvalue weighted by molar-refractivity contribution is 0.172. The number of urea groups is 1. The van der Waals surface area contributed by atoms with E-state index < -0.39 is 6.10 Å². The number of phenolic OH excluding ortho intramolecular Hbond substituents is 1. The van der Waals surface area contributed by atoms with Crippen LogP contribution >= 0.6 is 0 Å². The number of rotatable bonds is 4. The number of phenols is 1. The van der Waals surface area contributed by atoms with E-state index in [9.17, 15) is 15.0 Å². The third-order valence-corrected chi connectivity index (χ3v) is 3.90. The van der Waals surface area contributed by atoms with Crippen LogP contribution in [0.5, 0.6) is 5.75 Å². The smallest absolute Gasteiger partial charge is 0.315 e. The number of hydrogen-bond donors (Lipinski definition) is 4. The summed E-state index contributed by atoms with van der Waals surface area (Å²) in [5.41, 5.74) is 0.588. The molecule has 0 unspecified atom stereocenters. The Kier molecular flexibility index (Phi) is 5.87. The third kappa shape index (κ3) is 5.27. The van der Waals surface area contributed by atoms with Crippen molar-refractivity contribution in [1.29, 1.82) is 0 Å². The van der Waals surface area contributed by atoms with E-state index in [1.165, 1.54) is 18.9 Å². The predicted octanol–water partition coefficient (Wildman–Crippen LogP) is 2.45. The largest absolute Gasteiger partial charge is 0.508 e. The molecular weight excluding hydrogens is 268 g/mol. The van der Waals surface area contributed by atoms with Gasteiger partial charge in [-0.2, -0.15) is 0 Å². The van der Waals surface area contributed by atoms with Crippen molar-refractivity contribution in [3.05, 3.63) is 29.8 Å². The highest BCUT2D eigenvalue weighted by atomic mass is 16.3.